The van der Waals surface area contributed by atoms with Gasteiger partial charge in [-0.2, -0.15) is 4.39 Å². The first-order chi connectivity index (χ1) is 13.1. The Morgan fingerprint density at radius 3 is 2.26 bits per heavy atom. The lowest BCUT2D eigenvalue weighted by molar-refractivity contribution is 0.314. The molecule has 0 heterocycles. The number of hydrogen-bond acceptors (Lipinski definition) is 1. The van der Waals surface area contributed by atoms with Crippen LogP contribution in [-0.2, 0) is 0 Å². The van der Waals surface area contributed by atoms with Crippen molar-refractivity contribution in [2.75, 3.05) is 6.61 Å². The molecule has 1 fully saturated rings. The molecule has 2 aromatic rings. The third-order valence-electron chi connectivity index (χ3n) is 5.46. The molecule has 0 unspecified atom stereocenters. The largest absolute Gasteiger partial charge is 0.491 e. The van der Waals surface area contributed by atoms with Crippen LogP contribution in [0.2, 0.25) is 0 Å². The van der Waals surface area contributed by atoms with Crippen molar-refractivity contribution in [3.05, 3.63) is 65.7 Å². The van der Waals surface area contributed by atoms with E-state index in [0.29, 0.717) is 24.0 Å². The summed E-state index contributed by atoms with van der Waals surface area (Å²) in [6.45, 7) is 4.22. The van der Waals surface area contributed by atoms with Gasteiger partial charge in [0.2, 0.25) is 5.82 Å². The molecule has 1 aliphatic carbocycles. The summed E-state index contributed by atoms with van der Waals surface area (Å²) < 4.78 is 33.7. The van der Waals surface area contributed by atoms with Gasteiger partial charge < -0.3 is 4.74 Å². The van der Waals surface area contributed by atoms with E-state index in [1.807, 2.05) is 12.1 Å². The van der Waals surface area contributed by atoms with Crippen molar-refractivity contribution in [1.82, 2.24) is 0 Å². The van der Waals surface area contributed by atoms with Crippen LogP contribution in [0.4, 0.5) is 8.78 Å². The molecular formula is C24H28F2O. The van der Waals surface area contributed by atoms with Crippen LogP contribution >= 0.6 is 0 Å². The van der Waals surface area contributed by atoms with Crippen LogP contribution in [0.5, 0.6) is 5.75 Å². The van der Waals surface area contributed by atoms with Crippen molar-refractivity contribution in [3.63, 3.8) is 0 Å². The SMILES string of the molecule is CCC=CC1CCC(c2ccc(-c3ccc(OCC)c(F)c3F)cc2)CC1. The summed E-state index contributed by atoms with van der Waals surface area (Å²) >= 11 is 0. The Morgan fingerprint density at radius 2 is 1.63 bits per heavy atom. The van der Waals surface area contributed by atoms with Crippen molar-refractivity contribution in [2.24, 2.45) is 5.92 Å². The molecule has 1 saturated carbocycles. The Bertz CT molecular complexity index is 772. The average molecular weight is 370 g/mol. The van der Waals surface area contributed by atoms with Gasteiger partial charge >= 0.3 is 0 Å². The van der Waals surface area contributed by atoms with Gasteiger partial charge in [0.1, 0.15) is 0 Å². The first-order valence-electron chi connectivity index (χ1n) is 10.0. The molecule has 0 amide bonds. The third-order valence-corrected chi connectivity index (χ3v) is 5.46. The van der Waals surface area contributed by atoms with Crippen molar-refractivity contribution >= 4 is 0 Å². The van der Waals surface area contributed by atoms with Crippen molar-refractivity contribution in [3.8, 4) is 16.9 Å². The van der Waals surface area contributed by atoms with Gasteiger partial charge in [0.15, 0.2) is 11.6 Å². The first-order valence-corrected chi connectivity index (χ1v) is 10.0. The van der Waals surface area contributed by atoms with Crippen LogP contribution in [0.1, 0.15) is 57.4 Å². The topological polar surface area (TPSA) is 9.23 Å². The maximum atomic E-state index is 14.4. The van der Waals surface area contributed by atoms with Gasteiger partial charge in [-0.05, 0) is 74.1 Å². The number of hydrogen-bond donors (Lipinski definition) is 0. The minimum Gasteiger partial charge on any atom is -0.491 e. The third kappa shape index (κ3) is 4.58. The number of ether oxygens (including phenoxy) is 1. The zero-order valence-electron chi connectivity index (χ0n) is 16.2. The van der Waals surface area contributed by atoms with Crippen LogP contribution in [-0.4, -0.2) is 6.61 Å². The van der Waals surface area contributed by atoms with Gasteiger partial charge in [-0.25, -0.2) is 4.39 Å². The molecule has 1 nitrogen and oxygen atoms in total. The second kappa shape index (κ2) is 9.16. The minimum atomic E-state index is -0.920. The normalized spacial score (nSPS) is 20.1. The van der Waals surface area contributed by atoms with E-state index in [9.17, 15) is 8.78 Å². The molecule has 0 saturated heterocycles. The summed E-state index contributed by atoms with van der Waals surface area (Å²) in [5, 5.41) is 0. The quantitative estimate of drug-likeness (QED) is 0.486. The molecule has 3 rings (SSSR count). The first kappa shape index (κ1) is 19.6. The fourth-order valence-corrected chi connectivity index (χ4v) is 3.93. The van der Waals surface area contributed by atoms with Crippen LogP contribution in [0.25, 0.3) is 11.1 Å². The molecule has 27 heavy (non-hydrogen) atoms. The number of halogens is 2. The summed E-state index contributed by atoms with van der Waals surface area (Å²) in [6.07, 6.45) is 10.6. The Balaban J connectivity index is 1.71. The van der Waals surface area contributed by atoms with E-state index in [2.05, 4.69) is 31.2 Å². The summed E-state index contributed by atoms with van der Waals surface area (Å²) in [6, 6.07) is 11.0. The van der Waals surface area contributed by atoms with E-state index in [1.54, 1.807) is 13.0 Å². The molecule has 144 valence electrons. The molecular weight excluding hydrogens is 342 g/mol. The number of rotatable bonds is 6. The standard InChI is InChI=1S/C24H28F2O/c1-3-5-6-17-7-9-18(10-8-17)19-11-13-20(14-12-19)21-15-16-22(27-4-2)24(26)23(21)25/h5-6,11-18H,3-4,7-10H2,1-2H3. The maximum Gasteiger partial charge on any atom is 0.201 e. The number of allylic oxidation sites excluding steroid dienone is 2. The summed E-state index contributed by atoms with van der Waals surface area (Å²) in [7, 11) is 0. The molecule has 0 radical (unpaired) electrons. The highest BCUT2D eigenvalue weighted by molar-refractivity contribution is 5.65. The monoisotopic (exact) mass is 370 g/mol. The smallest absolute Gasteiger partial charge is 0.201 e. The zero-order chi connectivity index (χ0) is 19.2. The molecule has 1 aliphatic rings. The molecule has 0 aliphatic heterocycles. The molecule has 0 aromatic heterocycles. The van der Waals surface area contributed by atoms with Crippen LogP contribution in [0, 0.1) is 17.6 Å². The predicted molar refractivity (Wildman–Crippen MR) is 107 cm³/mol. The molecule has 3 heteroatoms. The summed E-state index contributed by atoms with van der Waals surface area (Å²) in [4.78, 5) is 0. The lowest BCUT2D eigenvalue weighted by atomic mass is 9.78. The Kier molecular flexibility index (Phi) is 6.65. The molecule has 0 atom stereocenters. The van der Waals surface area contributed by atoms with Crippen LogP contribution in [0.15, 0.2) is 48.6 Å². The van der Waals surface area contributed by atoms with E-state index in [1.165, 1.54) is 37.3 Å². The molecule has 0 spiro atoms. The second-order valence-electron chi connectivity index (χ2n) is 7.24. The van der Waals surface area contributed by atoms with Crippen molar-refractivity contribution in [2.45, 2.75) is 51.9 Å². The van der Waals surface area contributed by atoms with E-state index in [-0.39, 0.29) is 11.3 Å². The predicted octanol–water partition coefficient (Wildman–Crippen LogP) is 7.27. The van der Waals surface area contributed by atoms with Gasteiger partial charge in [0, 0.05) is 5.56 Å². The van der Waals surface area contributed by atoms with E-state index >= 15 is 0 Å². The van der Waals surface area contributed by atoms with Gasteiger partial charge in [0.05, 0.1) is 6.61 Å². The van der Waals surface area contributed by atoms with Gasteiger partial charge in [-0.3, -0.25) is 0 Å². The molecule has 0 bridgehead atoms. The van der Waals surface area contributed by atoms with Crippen molar-refractivity contribution in [1.29, 1.82) is 0 Å². The fourth-order valence-electron chi connectivity index (χ4n) is 3.93. The molecule has 0 N–H and O–H groups in total. The Labute approximate surface area is 161 Å². The summed E-state index contributed by atoms with van der Waals surface area (Å²) in [5.41, 5.74) is 2.26. The van der Waals surface area contributed by atoms with Gasteiger partial charge in [-0.1, -0.05) is 43.3 Å². The van der Waals surface area contributed by atoms with E-state index < -0.39 is 11.6 Å². The van der Waals surface area contributed by atoms with E-state index in [0.717, 1.165) is 6.42 Å². The number of benzene rings is 2. The molecule has 2 aromatic carbocycles. The average Bonchev–Trinajstić information content (AvgIpc) is 2.71. The van der Waals surface area contributed by atoms with Gasteiger partial charge in [0.25, 0.3) is 0 Å². The van der Waals surface area contributed by atoms with Gasteiger partial charge in [-0.15, -0.1) is 0 Å². The van der Waals surface area contributed by atoms with E-state index in [4.69, 9.17) is 4.74 Å². The maximum absolute atomic E-state index is 14.4. The Morgan fingerprint density at radius 1 is 0.926 bits per heavy atom. The highest BCUT2D eigenvalue weighted by atomic mass is 19.2. The fraction of sp³-hybridized carbons (Fsp3) is 0.417. The van der Waals surface area contributed by atoms with Crippen molar-refractivity contribution < 1.29 is 13.5 Å². The lowest BCUT2D eigenvalue weighted by Gasteiger charge is -2.27. The highest BCUT2D eigenvalue weighted by Crippen LogP contribution is 2.37. The van der Waals surface area contributed by atoms with Crippen LogP contribution < -0.4 is 4.74 Å². The second-order valence-corrected chi connectivity index (χ2v) is 7.24. The highest BCUT2D eigenvalue weighted by Gasteiger charge is 2.21. The lowest BCUT2D eigenvalue weighted by Crippen LogP contribution is -2.11. The summed E-state index contributed by atoms with van der Waals surface area (Å²) in [5.74, 6) is -0.535. The Hall–Kier alpha value is -2.16. The zero-order valence-corrected chi connectivity index (χ0v) is 16.2. The van der Waals surface area contributed by atoms with Crippen LogP contribution in [0.3, 0.4) is 0 Å². The minimum absolute atomic E-state index is 0.0377.